The van der Waals surface area contributed by atoms with Crippen molar-refractivity contribution < 1.29 is 9.47 Å². The lowest BCUT2D eigenvalue weighted by atomic mass is 10.0. The van der Waals surface area contributed by atoms with E-state index < -0.39 is 0 Å². The maximum Gasteiger partial charge on any atom is 0.0842 e. The minimum Gasteiger partial charge on any atom is -0.370 e. The predicted molar refractivity (Wildman–Crippen MR) is 35.8 cm³/mol. The summed E-state index contributed by atoms with van der Waals surface area (Å²) in [4.78, 5) is 0. The molecule has 1 saturated carbocycles. The Morgan fingerprint density at radius 3 is 1.20 bits per heavy atom. The average Bonchev–Trinajstić information content (AvgIpc) is 2.70. The molecule has 0 bridgehead atoms. The van der Waals surface area contributed by atoms with Gasteiger partial charge in [0.2, 0.25) is 0 Å². The van der Waals surface area contributed by atoms with Gasteiger partial charge < -0.3 is 9.47 Å². The molecule has 2 aliphatic heterocycles. The van der Waals surface area contributed by atoms with Crippen molar-refractivity contribution in [2.24, 2.45) is 0 Å². The first-order valence-electron chi connectivity index (χ1n) is 4.24. The first-order valence-corrected chi connectivity index (χ1v) is 4.24. The average molecular weight is 140 g/mol. The van der Waals surface area contributed by atoms with Crippen LogP contribution in [0.3, 0.4) is 0 Å². The van der Waals surface area contributed by atoms with Gasteiger partial charge in [-0.1, -0.05) is 0 Å². The molecule has 1 aliphatic carbocycles. The van der Waals surface area contributed by atoms with E-state index in [1.165, 1.54) is 25.7 Å². The number of fused-ring (bicyclic) bond motifs is 2. The molecular formula is C8H12O2. The van der Waals surface area contributed by atoms with Crippen LogP contribution in [0.1, 0.15) is 25.7 Å². The van der Waals surface area contributed by atoms with Gasteiger partial charge in [0, 0.05) is 0 Å². The summed E-state index contributed by atoms with van der Waals surface area (Å²) in [6.07, 6.45) is 7.43. The molecule has 0 aromatic rings. The Labute approximate surface area is 60.5 Å². The molecule has 0 amide bonds. The summed E-state index contributed by atoms with van der Waals surface area (Å²) in [7, 11) is 0. The van der Waals surface area contributed by atoms with Gasteiger partial charge in [-0.2, -0.15) is 0 Å². The third-order valence-electron chi connectivity index (χ3n) is 2.85. The third kappa shape index (κ3) is 0.789. The van der Waals surface area contributed by atoms with E-state index in [0.717, 1.165) is 0 Å². The van der Waals surface area contributed by atoms with Gasteiger partial charge in [-0.25, -0.2) is 0 Å². The van der Waals surface area contributed by atoms with E-state index >= 15 is 0 Å². The van der Waals surface area contributed by atoms with Gasteiger partial charge in [0.05, 0.1) is 24.4 Å². The van der Waals surface area contributed by atoms with Gasteiger partial charge in [-0.15, -0.1) is 0 Å². The van der Waals surface area contributed by atoms with Crippen LogP contribution >= 0.6 is 0 Å². The highest BCUT2D eigenvalue weighted by Crippen LogP contribution is 2.41. The lowest BCUT2D eigenvalue weighted by Gasteiger charge is -1.97. The van der Waals surface area contributed by atoms with Crippen molar-refractivity contribution in [2.75, 3.05) is 0 Å². The van der Waals surface area contributed by atoms with Crippen LogP contribution in [0.25, 0.3) is 0 Å². The van der Waals surface area contributed by atoms with Gasteiger partial charge in [0.25, 0.3) is 0 Å². The topological polar surface area (TPSA) is 25.1 Å². The van der Waals surface area contributed by atoms with E-state index in [1.54, 1.807) is 0 Å². The summed E-state index contributed by atoms with van der Waals surface area (Å²) in [5, 5.41) is 0. The van der Waals surface area contributed by atoms with Crippen LogP contribution in [0.2, 0.25) is 0 Å². The molecule has 2 heterocycles. The van der Waals surface area contributed by atoms with Crippen molar-refractivity contribution >= 4 is 0 Å². The molecule has 3 fully saturated rings. The molecule has 2 heteroatoms. The number of ether oxygens (including phenoxy) is 2. The zero-order valence-corrected chi connectivity index (χ0v) is 5.95. The number of epoxide rings is 2. The van der Waals surface area contributed by atoms with E-state index in [4.69, 9.17) is 9.47 Å². The summed E-state index contributed by atoms with van der Waals surface area (Å²) in [6.45, 7) is 0. The first kappa shape index (κ1) is 5.56. The summed E-state index contributed by atoms with van der Waals surface area (Å²) in [5.41, 5.74) is 0. The fraction of sp³-hybridized carbons (Fsp3) is 1.00. The van der Waals surface area contributed by atoms with Crippen LogP contribution in [-0.4, -0.2) is 24.4 Å². The predicted octanol–water partition coefficient (Wildman–Crippen LogP) is 1.10. The SMILES string of the molecule is C1C[C@@H]2O[C@H]2CC[C@@H]2O[C@@H]12. The fourth-order valence-electron chi connectivity index (χ4n) is 2.03. The molecular weight excluding hydrogens is 128 g/mol. The summed E-state index contributed by atoms with van der Waals surface area (Å²) >= 11 is 0. The zero-order chi connectivity index (χ0) is 6.55. The second kappa shape index (κ2) is 1.74. The van der Waals surface area contributed by atoms with Crippen molar-refractivity contribution in [1.29, 1.82) is 0 Å². The lowest BCUT2D eigenvalue weighted by molar-refractivity contribution is 0.311. The van der Waals surface area contributed by atoms with Crippen LogP contribution in [0.4, 0.5) is 0 Å². The van der Waals surface area contributed by atoms with Gasteiger partial charge in [-0.05, 0) is 25.7 Å². The minimum absolute atomic E-state index is 0.616. The minimum atomic E-state index is 0.616. The number of hydrogen-bond acceptors (Lipinski definition) is 2. The molecule has 4 atom stereocenters. The van der Waals surface area contributed by atoms with E-state index in [-0.39, 0.29) is 0 Å². The first-order chi connectivity index (χ1) is 4.93. The summed E-state index contributed by atoms with van der Waals surface area (Å²) in [6, 6.07) is 0. The van der Waals surface area contributed by atoms with E-state index in [9.17, 15) is 0 Å². The number of hydrogen-bond donors (Lipinski definition) is 0. The number of rotatable bonds is 0. The summed E-state index contributed by atoms with van der Waals surface area (Å²) < 4.78 is 10.9. The Hall–Kier alpha value is -0.0800. The van der Waals surface area contributed by atoms with Crippen LogP contribution in [0, 0.1) is 0 Å². The molecule has 0 spiro atoms. The van der Waals surface area contributed by atoms with Crippen molar-refractivity contribution in [3.63, 3.8) is 0 Å². The quantitative estimate of drug-likeness (QED) is 0.471. The van der Waals surface area contributed by atoms with Crippen molar-refractivity contribution in [3.8, 4) is 0 Å². The van der Waals surface area contributed by atoms with Crippen molar-refractivity contribution in [1.82, 2.24) is 0 Å². The largest absolute Gasteiger partial charge is 0.370 e. The third-order valence-corrected chi connectivity index (χ3v) is 2.85. The molecule has 0 aromatic carbocycles. The normalized spacial score (nSPS) is 57.6. The summed E-state index contributed by atoms with van der Waals surface area (Å²) in [5.74, 6) is 0. The lowest BCUT2D eigenvalue weighted by Crippen LogP contribution is -2.04. The maximum absolute atomic E-state index is 5.45. The molecule has 0 radical (unpaired) electrons. The molecule has 3 aliphatic rings. The Balaban J connectivity index is 1.67. The molecule has 0 N–H and O–H groups in total. The molecule has 0 unspecified atom stereocenters. The smallest absolute Gasteiger partial charge is 0.0842 e. The van der Waals surface area contributed by atoms with Crippen molar-refractivity contribution in [2.45, 2.75) is 50.1 Å². The monoisotopic (exact) mass is 140 g/mol. The molecule has 2 nitrogen and oxygen atoms in total. The Morgan fingerprint density at radius 2 is 0.900 bits per heavy atom. The van der Waals surface area contributed by atoms with Gasteiger partial charge in [0.15, 0.2) is 0 Å². The van der Waals surface area contributed by atoms with Crippen LogP contribution in [0.15, 0.2) is 0 Å². The van der Waals surface area contributed by atoms with Gasteiger partial charge >= 0.3 is 0 Å². The Bertz CT molecular complexity index is 123. The molecule has 56 valence electrons. The van der Waals surface area contributed by atoms with Crippen molar-refractivity contribution in [3.05, 3.63) is 0 Å². The van der Waals surface area contributed by atoms with E-state index in [2.05, 4.69) is 0 Å². The van der Waals surface area contributed by atoms with Crippen LogP contribution in [0.5, 0.6) is 0 Å². The van der Waals surface area contributed by atoms with Crippen LogP contribution in [-0.2, 0) is 9.47 Å². The highest BCUT2D eigenvalue weighted by Gasteiger charge is 2.47. The highest BCUT2D eigenvalue weighted by molar-refractivity contribution is 4.95. The molecule has 0 aromatic heterocycles. The Morgan fingerprint density at radius 1 is 0.600 bits per heavy atom. The van der Waals surface area contributed by atoms with Gasteiger partial charge in [-0.3, -0.25) is 0 Å². The molecule has 10 heavy (non-hydrogen) atoms. The van der Waals surface area contributed by atoms with Gasteiger partial charge in [0.1, 0.15) is 0 Å². The van der Waals surface area contributed by atoms with E-state index in [1.807, 2.05) is 0 Å². The van der Waals surface area contributed by atoms with E-state index in [0.29, 0.717) is 24.4 Å². The second-order valence-electron chi connectivity index (χ2n) is 3.58. The fourth-order valence-corrected chi connectivity index (χ4v) is 2.03. The Kier molecular flexibility index (Phi) is 0.968. The van der Waals surface area contributed by atoms with Crippen LogP contribution < -0.4 is 0 Å². The molecule has 3 rings (SSSR count). The maximum atomic E-state index is 5.45. The second-order valence-corrected chi connectivity index (χ2v) is 3.58. The highest BCUT2D eigenvalue weighted by atomic mass is 16.6. The zero-order valence-electron chi connectivity index (χ0n) is 5.95. The standard InChI is InChI=1S/C8H12O2/c1-2-6-8(10-6)4-3-7-5(1)9-7/h5-8H,1-4H2/t5-,6-,7-,8-/m0/s1. The molecule has 2 saturated heterocycles.